The van der Waals surface area contributed by atoms with Crippen molar-refractivity contribution in [3.63, 3.8) is 0 Å². The number of hydrogen-bond donors (Lipinski definition) is 1. The van der Waals surface area contributed by atoms with Crippen molar-refractivity contribution in [2.45, 2.75) is 19.8 Å². The van der Waals surface area contributed by atoms with Crippen LogP contribution < -0.4 is 15.7 Å². The molecule has 31 heavy (non-hydrogen) atoms. The van der Waals surface area contributed by atoms with Gasteiger partial charge in [-0.3, -0.25) is 4.79 Å². The molecule has 0 aliphatic carbocycles. The third kappa shape index (κ3) is 4.83. The molecule has 0 saturated carbocycles. The summed E-state index contributed by atoms with van der Waals surface area (Å²) in [7, 11) is 0. The van der Waals surface area contributed by atoms with Crippen molar-refractivity contribution in [2.24, 2.45) is 0 Å². The van der Waals surface area contributed by atoms with Gasteiger partial charge in [0.2, 0.25) is 0 Å². The molecule has 5 nitrogen and oxygen atoms in total. The Balaban J connectivity index is 1.40. The SMILES string of the molecule is CC(C)c1ccc(OCC(=O)Nc2ccc(-c3cc4ccccc4oc3=O)cc2)cc1. The molecule has 0 saturated heterocycles. The molecule has 0 fully saturated rings. The first-order valence-electron chi connectivity index (χ1n) is 10.2. The minimum absolute atomic E-state index is 0.0863. The van der Waals surface area contributed by atoms with Crippen LogP contribution in [-0.2, 0) is 4.79 Å². The molecular weight excluding hydrogens is 390 g/mol. The van der Waals surface area contributed by atoms with Crippen molar-refractivity contribution >= 4 is 22.6 Å². The minimum Gasteiger partial charge on any atom is -0.484 e. The van der Waals surface area contributed by atoms with Crippen LogP contribution in [-0.4, -0.2) is 12.5 Å². The Morgan fingerprint density at radius 2 is 1.68 bits per heavy atom. The summed E-state index contributed by atoms with van der Waals surface area (Å²) in [5.74, 6) is 0.838. The van der Waals surface area contributed by atoms with Crippen LogP contribution in [0.15, 0.2) is 88.1 Å². The number of carbonyl (C=O) groups is 1. The molecule has 0 aliphatic heterocycles. The highest BCUT2D eigenvalue weighted by Crippen LogP contribution is 2.23. The number of para-hydroxylation sites is 1. The van der Waals surface area contributed by atoms with E-state index in [9.17, 15) is 9.59 Å². The van der Waals surface area contributed by atoms with Gasteiger partial charge in [0.15, 0.2) is 6.61 Å². The van der Waals surface area contributed by atoms with Crippen LogP contribution in [0.1, 0.15) is 25.3 Å². The van der Waals surface area contributed by atoms with Gasteiger partial charge in [-0.2, -0.15) is 0 Å². The smallest absolute Gasteiger partial charge is 0.344 e. The van der Waals surface area contributed by atoms with Gasteiger partial charge in [0.1, 0.15) is 11.3 Å². The summed E-state index contributed by atoms with van der Waals surface area (Å²) in [6.07, 6.45) is 0. The van der Waals surface area contributed by atoms with Crippen molar-refractivity contribution in [3.05, 3.63) is 94.8 Å². The third-order valence-electron chi connectivity index (χ3n) is 5.04. The normalized spacial score (nSPS) is 10.9. The molecule has 4 aromatic rings. The van der Waals surface area contributed by atoms with Gasteiger partial charge in [-0.05, 0) is 53.4 Å². The molecule has 0 unspecified atom stereocenters. The first kappa shape index (κ1) is 20.4. The summed E-state index contributed by atoms with van der Waals surface area (Å²) in [6, 6.07) is 24.0. The minimum atomic E-state index is -0.396. The van der Waals surface area contributed by atoms with Gasteiger partial charge in [-0.15, -0.1) is 0 Å². The maximum atomic E-state index is 12.3. The molecule has 5 heteroatoms. The maximum Gasteiger partial charge on any atom is 0.344 e. The molecule has 1 heterocycles. The first-order valence-corrected chi connectivity index (χ1v) is 10.2. The molecule has 0 aliphatic rings. The van der Waals surface area contributed by atoms with Crippen LogP contribution in [0.4, 0.5) is 5.69 Å². The molecule has 1 aromatic heterocycles. The van der Waals surface area contributed by atoms with Crippen molar-refractivity contribution in [2.75, 3.05) is 11.9 Å². The predicted molar refractivity (Wildman–Crippen MR) is 123 cm³/mol. The second kappa shape index (κ2) is 8.88. The lowest BCUT2D eigenvalue weighted by Crippen LogP contribution is -2.20. The van der Waals surface area contributed by atoms with E-state index in [4.69, 9.17) is 9.15 Å². The highest BCUT2D eigenvalue weighted by atomic mass is 16.5. The van der Waals surface area contributed by atoms with E-state index in [1.165, 1.54) is 5.56 Å². The lowest BCUT2D eigenvalue weighted by atomic mass is 10.0. The Labute approximate surface area is 180 Å². The van der Waals surface area contributed by atoms with Crippen molar-refractivity contribution in [1.82, 2.24) is 0 Å². The molecule has 0 atom stereocenters. The van der Waals surface area contributed by atoms with Crippen LogP contribution in [0.3, 0.4) is 0 Å². The third-order valence-corrected chi connectivity index (χ3v) is 5.04. The summed E-state index contributed by atoms with van der Waals surface area (Å²) in [5.41, 5.74) is 3.20. The Hall–Kier alpha value is -3.86. The van der Waals surface area contributed by atoms with Gasteiger partial charge < -0.3 is 14.5 Å². The summed E-state index contributed by atoms with van der Waals surface area (Å²) in [5, 5.41) is 3.65. The van der Waals surface area contributed by atoms with Crippen molar-refractivity contribution in [1.29, 1.82) is 0 Å². The highest BCUT2D eigenvalue weighted by molar-refractivity contribution is 5.92. The van der Waals surface area contributed by atoms with Gasteiger partial charge in [0, 0.05) is 11.1 Å². The predicted octanol–water partition coefficient (Wildman–Crippen LogP) is 5.60. The second-order valence-corrected chi connectivity index (χ2v) is 7.62. The number of fused-ring (bicyclic) bond motifs is 1. The van der Waals surface area contributed by atoms with Crippen molar-refractivity contribution in [3.8, 4) is 16.9 Å². The zero-order valence-corrected chi connectivity index (χ0v) is 17.4. The summed E-state index contributed by atoms with van der Waals surface area (Å²) < 4.78 is 11.0. The van der Waals surface area contributed by atoms with Crippen molar-refractivity contribution < 1.29 is 13.9 Å². The lowest BCUT2D eigenvalue weighted by molar-refractivity contribution is -0.118. The molecule has 3 aromatic carbocycles. The molecule has 0 bridgehead atoms. The number of carbonyl (C=O) groups excluding carboxylic acids is 1. The van der Waals surface area contributed by atoms with E-state index >= 15 is 0 Å². The standard InChI is InChI=1S/C26H23NO4/c1-17(2)18-9-13-22(14-10-18)30-16-25(28)27-21-11-7-19(8-12-21)23-15-20-5-3-4-6-24(20)31-26(23)29/h3-15,17H,16H2,1-2H3,(H,27,28). The number of anilines is 1. The number of hydrogen-bond acceptors (Lipinski definition) is 4. The zero-order chi connectivity index (χ0) is 21.8. The fourth-order valence-electron chi connectivity index (χ4n) is 3.29. The molecule has 1 amide bonds. The van der Waals surface area contributed by atoms with Gasteiger partial charge in [0.05, 0.1) is 5.56 Å². The molecule has 0 radical (unpaired) electrons. The van der Waals surface area contributed by atoms with E-state index in [0.717, 1.165) is 10.9 Å². The van der Waals surface area contributed by atoms with E-state index in [1.807, 2.05) is 48.5 Å². The summed E-state index contributed by atoms with van der Waals surface area (Å²) in [6.45, 7) is 4.17. The number of nitrogens with one attached hydrogen (secondary N) is 1. The summed E-state index contributed by atoms with van der Waals surface area (Å²) >= 11 is 0. The monoisotopic (exact) mass is 413 g/mol. The van der Waals surface area contributed by atoms with Crippen LogP contribution in [0.2, 0.25) is 0 Å². The Kier molecular flexibility index (Phi) is 5.85. The highest BCUT2D eigenvalue weighted by Gasteiger charge is 2.09. The van der Waals surface area contributed by atoms with Gasteiger partial charge in [-0.1, -0.05) is 56.3 Å². The van der Waals surface area contributed by atoms with Crippen LogP contribution in [0.25, 0.3) is 22.1 Å². The average Bonchev–Trinajstić information content (AvgIpc) is 2.78. The largest absolute Gasteiger partial charge is 0.484 e. The first-order chi connectivity index (χ1) is 15.0. The molecule has 0 spiro atoms. The van der Waals surface area contributed by atoms with Gasteiger partial charge >= 0.3 is 5.63 Å². The van der Waals surface area contributed by atoms with Crippen LogP contribution in [0.5, 0.6) is 5.75 Å². The van der Waals surface area contributed by atoms with E-state index in [0.29, 0.717) is 28.5 Å². The van der Waals surface area contributed by atoms with Crippen LogP contribution >= 0.6 is 0 Å². The fourth-order valence-corrected chi connectivity index (χ4v) is 3.29. The topological polar surface area (TPSA) is 68.5 Å². The fraction of sp³-hybridized carbons (Fsp3) is 0.154. The maximum absolute atomic E-state index is 12.3. The number of benzene rings is 3. The lowest BCUT2D eigenvalue weighted by Gasteiger charge is -2.10. The number of amides is 1. The number of rotatable bonds is 6. The quantitative estimate of drug-likeness (QED) is 0.418. The molecule has 156 valence electrons. The second-order valence-electron chi connectivity index (χ2n) is 7.62. The van der Waals surface area contributed by atoms with E-state index in [1.54, 1.807) is 30.3 Å². The molecule has 4 rings (SSSR count). The Morgan fingerprint density at radius 1 is 0.968 bits per heavy atom. The van der Waals surface area contributed by atoms with E-state index < -0.39 is 5.63 Å². The average molecular weight is 413 g/mol. The summed E-state index contributed by atoms with van der Waals surface area (Å²) in [4.78, 5) is 24.5. The van der Waals surface area contributed by atoms with Crippen LogP contribution in [0, 0.1) is 0 Å². The Bertz CT molecular complexity index is 1260. The van der Waals surface area contributed by atoms with Gasteiger partial charge in [0.25, 0.3) is 5.91 Å². The molecule has 1 N–H and O–H groups in total. The van der Waals surface area contributed by atoms with Gasteiger partial charge in [-0.25, -0.2) is 4.79 Å². The van der Waals surface area contributed by atoms with E-state index in [2.05, 4.69) is 19.2 Å². The number of ether oxygens (including phenoxy) is 1. The molecular formula is C26H23NO4. The van der Waals surface area contributed by atoms with E-state index in [-0.39, 0.29) is 12.5 Å². The zero-order valence-electron chi connectivity index (χ0n) is 17.4. The Morgan fingerprint density at radius 3 is 2.39 bits per heavy atom.